The largest absolute Gasteiger partial charge is 0.497 e. The molecule has 0 radical (unpaired) electrons. The van der Waals surface area contributed by atoms with Gasteiger partial charge in [-0.25, -0.2) is 13.1 Å². The van der Waals surface area contributed by atoms with Crippen molar-refractivity contribution >= 4 is 15.9 Å². The van der Waals surface area contributed by atoms with E-state index in [-0.39, 0.29) is 0 Å². The summed E-state index contributed by atoms with van der Waals surface area (Å²) in [6.07, 6.45) is 12.2. The molecule has 5 rings (SSSR count). The summed E-state index contributed by atoms with van der Waals surface area (Å²) >= 11 is 0. The van der Waals surface area contributed by atoms with Crippen LogP contribution in [0.1, 0.15) is 117 Å². The van der Waals surface area contributed by atoms with E-state index in [4.69, 9.17) is 9.73 Å². The van der Waals surface area contributed by atoms with Crippen LogP contribution in [0, 0.1) is 11.8 Å². The number of hydrogen-bond donors (Lipinski definition) is 2. The first-order chi connectivity index (χ1) is 22.7. The average molecular weight is 668 g/mol. The molecule has 1 aliphatic heterocycles. The fourth-order valence-corrected chi connectivity index (χ4v) is 7.14. The lowest BCUT2D eigenvalue weighted by atomic mass is 9.80. The fraction of sp³-hybridized carbons (Fsp3) is 0.575. The molecule has 2 fully saturated rings. The topological polar surface area (TPSA) is 79.8 Å². The van der Waals surface area contributed by atoms with Gasteiger partial charge in [-0.1, -0.05) is 77.0 Å². The smallest absolute Gasteiger partial charge is 0.240 e. The van der Waals surface area contributed by atoms with Crippen LogP contribution in [-0.2, 0) is 16.4 Å². The Morgan fingerprint density at radius 3 is 2.17 bits per heavy atom. The molecule has 1 saturated heterocycles. The second kappa shape index (κ2) is 23.4. The van der Waals surface area contributed by atoms with Crippen LogP contribution in [0.4, 0.5) is 0 Å². The van der Waals surface area contributed by atoms with Gasteiger partial charge in [0.15, 0.2) is 0 Å². The van der Waals surface area contributed by atoms with Gasteiger partial charge in [0.25, 0.3) is 0 Å². The Bertz CT molecular complexity index is 1300. The molecule has 47 heavy (non-hydrogen) atoms. The first kappa shape index (κ1) is 42.1. The van der Waals surface area contributed by atoms with Crippen LogP contribution < -0.4 is 14.8 Å². The summed E-state index contributed by atoms with van der Waals surface area (Å²) in [5.41, 5.74) is 4.34. The molecule has 1 heterocycles. The number of amidine groups is 1. The van der Waals surface area contributed by atoms with Crippen molar-refractivity contribution in [2.45, 2.75) is 123 Å². The van der Waals surface area contributed by atoms with Gasteiger partial charge in [0.2, 0.25) is 10.0 Å². The molecule has 2 aromatic carbocycles. The molecule has 2 aromatic rings. The Labute approximate surface area is 288 Å². The standard InChI is InChI=1S/C27H35N3O3S.C6H12.C3H8.C2H6.C2H4/c1-33-22-12-13-24-21(15-22)11-14-26-25(24)16-27(30-26)28-17-19-7-9-20(10-8-19)18-29-34(31,32)23-5-3-2-4-6-23;1-4-6(3)5-2;1-3-2;2*1-2/h2-6,12-13,15,19-20,25-26,29H,7-11,14,16-18H2,1H3,(H,28,30);4H,5H2,1-3H3;3H2,1-2H3;1-2H3;1-2H2/b;6-4+;;;. The van der Waals surface area contributed by atoms with Gasteiger partial charge >= 0.3 is 0 Å². The second-order valence-corrected chi connectivity index (χ2v) is 14.0. The molecular weight excluding hydrogens is 603 g/mol. The summed E-state index contributed by atoms with van der Waals surface area (Å²) in [5.74, 6) is 3.62. The van der Waals surface area contributed by atoms with Gasteiger partial charge < -0.3 is 10.1 Å². The van der Waals surface area contributed by atoms with Gasteiger partial charge in [0.05, 0.1) is 17.8 Å². The molecule has 2 N–H and O–H groups in total. The zero-order valence-electron chi connectivity index (χ0n) is 30.8. The van der Waals surface area contributed by atoms with Crippen LogP contribution >= 0.6 is 0 Å². The Morgan fingerprint density at radius 1 is 1.00 bits per heavy atom. The lowest BCUT2D eigenvalue weighted by Gasteiger charge is -2.28. The number of aliphatic imine (C=N–C) groups is 1. The minimum Gasteiger partial charge on any atom is -0.497 e. The van der Waals surface area contributed by atoms with E-state index in [1.807, 2.05) is 19.9 Å². The van der Waals surface area contributed by atoms with E-state index in [0.29, 0.717) is 35.2 Å². The molecule has 2 atom stereocenters. The Hall–Kier alpha value is -2.90. The van der Waals surface area contributed by atoms with Gasteiger partial charge in [-0.2, -0.15) is 0 Å². The van der Waals surface area contributed by atoms with Crippen molar-refractivity contribution in [2.24, 2.45) is 16.8 Å². The molecule has 6 nitrogen and oxygen atoms in total. The van der Waals surface area contributed by atoms with Crippen molar-refractivity contribution in [3.63, 3.8) is 0 Å². The Kier molecular flexibility index (Phi) is 21.0. The number of methoxy groups -OCH3 is 1. The number of ether oxygens (including phenoxy) is 1. The van der Waals surface area contributed by atoms with Crippen LogP contribution in [0.25, 0.3) is 0 Å². The third-order valence-electron chi connectivity index (χ3n) is 8.90. The molecule has 3 aliphatic rings. The number of nitrogens with one attached hydrogen (secondary N) is 2. The highest BCUT2D eigenvalue weighted by molar-refractivity contribution is 7.89. The van der Waals surface area contributed by atoms with Crippen molar-refractivity contribution in [1.82, 2.24) is 10.0 Å². The van der Waals surface area contributed by atoms with E-state index in [0.717, 1.165) is 63.1 Å². The van der Waals surface area contributed by atoms with Crippen molar-refractivity contribution in [1.29, 1.82) is 0 Å². The number of sulfonamides is 1. The fourth-order valence-electron chi connectivity index (χ4n) is 6.00. The number of aryl methyl sites for hydroxylation is 1. The molecule has 7 heteroatoms. The summed E-state index contributed by atoms with van der Waals surface area (Å²) in [5, 5.41) is 3.71. The van der Waals surface area contributed by atoms with E-state index in [9.17, 15) is 8.42 Å². The molecule has 2 unspecified atom stereocenters. The zero-order valence-corrected chi connectivity index (χ0v) is 31.6. The Morgan fingerprint density at radius 2 is 1.62 bits per heavy atom. The number of fused-ring (bicyclic) bond motifs is 3. The maximum absolute atomic E-state index is 12.5. The highest BCUT2D eigenvalue weighted by Gasteiger charge is 2.36. The summed E-state index contributed by atoms with van der Waals surface area (Å²) in [7, 11) is -1.69. The zero-order chi connectivity index (χ0) is 35.2. The molecule has 2 aliphatic carbocycles. The monoisotopic (exact) mass is 667 g/mol. The molecule has 0 aromatic heterocycles. The number of allylic oxidation sites excluding steroid dienone is 2. The van der Waals surface area contributed by atoms with Crippen molar-refractivity contribution < 1.29 is 13.2 Å². The first-order valence-corrected chi connectivity index (χ1v) is 19.4. The average Bonchev–Trinajstić information content (AvgIpc) is 3.56. The van der Waals surface area contributed by atoms with E-state index in [2.05, 4.69) is 82.1 Å². The lowest BCUT2D eigenvalue weighted by Crippen LogP contribution is -2.32. The third-order valence-corrected chi connectivity index (χ3v) is 10.3. The van der Waals surface area contributed by atoms with Gasteiger partial charge in [0.1, 0.15) is 5.75 Å². The van der Waals surface area contributed by atoms with Crippen molar-refractivity contribution in [3.8, 4) is 5.75 Å². The second-order valence-electron chi connectivity index (χ2n) is 12.2. The minimum absolute atomic E-state index is 0.339. The molecule has 0 spiro atoms. The number of nitrogens with zero attached hydrogens (tertiary/aromatic N) is 1. The number of rotatable bonds is 8. The van der Waals surface area contributed by atoms with Crippen molar-refractivity contribution in [2.75, 3.05) is 20.2 Å². The first-order valence-electron chi connectivity index (χ1n) is 17.9. The molecular formula is C40H65N3O3S. The van der Waals surface area contributed by atoms with Gasteiger partial charge in [-0.3, -0.25) is 4.99 Å². The SMILES string of the molecule is C/C=C(\C)CC.C=C.CC.CCC.COc1ccc2c(c1)CCC1NC(=NCC3CCC(CNS(=O)(=O)c4ccccc4)CC3)CC21. The van der Waals surface area contributed by atoms with Gasteiger partial charge in [-0.05, 0) is 106 Å². The summed E-state index contributed by atoms with van der Waals surface area (Å²) in [6, 6.07) is 15.6. The highest BCUT2D eigenvalue weighted by atomic mass is 32.2. The summed E-state index contributed by atoms with van der Waals surface area (Å²) < 4.78 is 33.1. The normalized spacial score (nSPS) is 22.1. The molecule has 0 bridgehead atoms. The van der Waals surface area contributed by atoms with E-state index < -0.39 is 10.0 Å². The van der Waals surface area contributed by atoms with E-state index in [1.165, 1.54) is 29.5 Å². The summed E-state index contributed by atoms with van der Waals surface area (Å²) in [4.78, 5) is 5.34. The predicted molar refractivity (Wildman–Crippen MR) is 203 cm³/mol. The van der Waals surface area contributed by atoms with E-state index in [1.54, 1.807) is 31.4 Å². The molecule has 264 valence electrons. The van der Waals surface area contributed by atoms with Crippen LogP contribution in [0.5, 0.6) is 5.75 Å². The van der Waals surface area contributed by atoms with Crippen LogP contribution in [-0.4, -0.2) is 40.5 Å². The van der Waals surface area contributed by atoms with Crippen LogP contribution in [0.2, 0.25) is 0 Å². The predicted octanol–water partition coefficient (Wildman–Crippen LogP) is 9.88. The van der Waals surface area contributed by atoms with Gasteiger partial charge in [-0.15, -0.1) is 13.2 Å². The minimum atomic E-state index is -3.42. The van der Waals surface area contributed by atoms with Gasteiger partial charge in [0, 0.05) is 31.5 Å². The third kappa shape index (κ3) is 14.0. The van der Waals surface area contributed by atoms with E-state index >= 15 is 0 Å². The van der Waals surface area contributed by atoms with Crippen LogP contribution in [0.15, 0.2) is 83.2 Å². The quantitative estimate of drug-likeness (QED) is 0.275. The lowest BCUT2D eigenvalue weighted by molar-refractivity contribution is 0.280. The van der Waals surface area contributed by atoms with Crippen molar-refractivity contribution in [3.05, 3.63) is 84.5 Å². The number of benzene rings is 2. The van der Waals surface area contributed by atoms with Crippen LogP contribution in [0.3, 0.4) is 0 Å². The Balaban J connectivity index is 0.000000737. The number of hydrogen-bond acceptors (Lipinski definition) is 4. The summed E-state index contributed by atoms with van der Waals surface area (Å²) in [6.45, 7) is 22.0. The maximum atomic E-state index is 12.5. The maximum Gasteiger partial charge on any atom is 0.240 e. The highest BCUT2D eigenvalue weighted by Crippen LogP contribution is 2.39. The molecule has 1 saturated carbocycles. The molecule has 0 amide bonds.